The lowest BCUT2D eigenvalue weighted by Gasteiger charge is -2.04. The van der Waals surface area contributed by atoms with Gasteiger partial charge in [0, 0.05) is 0 Å². The molecule has 0 N–H and O–H groups in total. The standard InChI is InChI=1S/C15H11NO3/c17-11-16-13-6-4-5-12(9-13)10-15(18)19-14-7-2-1-3-8-14/h1-9H,10H2. The smallest absolute Gasteiger partial charge is 0.315 e. The van der Waals surface area contributed by atoms with Gasteiger partial charge in [0.25, 0.3) is 0 Å². The zero-order valence-electron chi connectivity index (χ0n) is 10.1. The average Bonchev–Trinajstić information content (AvgIpc) is 2.40. The predicted molar refractivity (Wildman–Crippen MR) is 70.0 cm³/mol. The minimum absolute atomic E-state index is 0.122. The summed E-state index contributed by atoms with van der Waals surface area (Å²) in [5.74, 6) is 0.146. The molecule has 0 fully saturated rings. The van der Waals surface area contributed by atoms with Gasteiger partial charge in [0.1, 0.15) is 5.75 Å². The summed E-state index contributed by atoms with van der Waals surface area (Å²) in [6.45, 7) is 0. The third-order valence-corrected chi connectivity index (χ3v) is 2.41. The monoisotopic (exact) mass is 253 g/mol. The second-order valence-electron chi connectivity index (χ2n) is 3.84. The number of para-hydroxylation sites is 1. The molecular weight excluding hydrogens is 242 g/mol. The summed E-state index contributed by atoms with van der Waals surface area (Å²) in [4.78, 5) is 25.4. The van der Waals surface area contributed by atoms with E-state index in [1.54, 1.807) is 48.5 Å². The van der Waals surface area contributed by atoms with Crippen molar-refractivity contribution >= 4 is 17.7 Å². The Bertz CT molecular complexity index is 616. The molecule has 0 aliphatic rings. The van der Waals surface area contributed by atoms with Crippen molar-refractivity contribution in [1.29, 1.82) is 0 Å². The summed E-state index contributed by atoms with van der Waals surface area (Å²) >= 11 is 0. The summed E-state index contributed by atoms with van der Waals surface area (Å²) < 4.78 is 5.17. The van der Waals surface area contributed by atoms with Crippen molar-refractivity contribution in [1.82, 2.24) is 0 Å². The number of ether oxygens (including phenoxy) is 1. The highest BCUT2D eigenvalue weighted by atomic mass is 16.5. The van der Waals surface area contributed by atoms with Crippen LogP contribution in [-0.4, -0.2) is 12.0 Å². The van der Waals surface area contributed by atoms with Crippen LogP contribution in [0.15, 0.2) is 59.6 Å². The zero-order valence-corrected chi connectivity index (χ0v) is 10.1. The van der Waals surface area contributed by atoms with E-state index in [1.165, 1.54) is 6.08 Å². The molecule has 2 aromatic carbocycles. The van der Waals surface area contributed by atoms with Crippen LogP contribution < -0.4 is 4.74 Å². The molecule has 0 aromatic heterocycles. The van der Waals surface area contributed by atoms with Crippen LogP contribution in [0.2, 0.25) is 0 Å². The Hall–Kier alpha value is -2.71. The van der Waals surface area contributed by atoms with Gasteiger partial charge in [-0.15, -0.1) is 0 Å². The maximum atomic E-state index is 11.7. The number of carbonyl (C=O) groups excluding carboxylic acids is 2. The molecule has 19 heavy (non-hydrogen) atoms. The molecule has 2 aromatic rings. The minimum atomic E-state index is -0.363. The number of carbonyl (C=O) groups is 1. The van der Waals surface area contributed by atoms with Crippen LogP contribution in [0.5, 0.6) is 5.75 Å². The lowest BCUT2D eigenvalue weighted by Crippen LogP contribution is -2.10. The lowest BCUT2D eigenvalue weighted by molar-refractivity contribution is -0.133. The number of isocyanates is 1. The van der Waals surface area contributed by atoms with Gasteiger partial charge < -0.3 is 4.74 Å². The van der Waals surface area contributed by atoms with Gasteiger partial charge in [-0.25, -0.2) is 4.79 Å². The molecule has 0 radical (unpaired) electrons. The van der Waals surface area contributed by atoms with E-state index in [0.29, 0.717) is 11.4 Å². The van der Waals surface area contributed by atoms with E-state index in [9.17, 15) is 9.59 Å². The van der Waals surface area contributed by atoms with Crippen LogP contribution >= 0.6 is 0 Å². The SMILES string of the molecule is O=C=Nc1cccc(CC(=O)Oc2ccccc2)c1. The predicted octanol–water partition coefficient (Wildman–Crippen LogP) is 2.80. The Labute approximate surface area is 110 Å². The molecule has 0 saturated heterocycles. The molecule has 94 valence electrons. The van der Waals surface area contributed by atoms with Crippen molar-refractivity contribution in [2.45, 2.75) is 6.42 Å². The molecule has 0 bridgehead atoms. The second kappa shape index (κ2) is 6.28. The molecule has 0 heterocycles. The first kappa shape index (κ1) is 12.7. The molecule has 0 spiro atoms. The minimum Gasteiger partial charge on any atom is -0.426 e. The molecular formula is C15H11NO3. The zero-order chi connectivity index (χ0) is 13.5. The van der Waals surface area contributed by atoms with E-state index in [4.69, 9.17) is 4.74 Å². The van der Waals surface area contributed by atoms with E-state index in [-0.39, 0.29) is 12.4 Å². The van der Waals surface area contributed by atoms with Crippen molar-refractivity contribution in [3.63, 3.8) is 0 Å². The van der Waals surface area contributed by atoms with Crippen LogP contribution in [0.1, 0.15) is 5.56 Å². The Morgan fingerprint density at radius 2 is 1.89 bits per heavy atom. The van der Waals surface area contributed by atoms with Gasteiger partial charge in [0.05, 0.1) is 12.1 Å². The van der Waals surface area contributed by atoms with Gasteiger partial charge in [-0.05, 0) is 29.8 Å². The number of benzene rings is 2. The van der Waals surface area contributed by atoms with E-state index in [0.717, 1.165) is 5.56 Å². The van der Waals surface area contributed by atoms with Crippen molar-refractivity contribution in [3.05, 3.63) is 60.2 Å². The van der Waals surface area contributed by atoms with Gasteiger partial charge in [-0.2, -0.15) is 4.99 Å². The van der Waals surface area contributed by atoms with Gasteiger partial charge in [0.15, 0.2) is 0 Å². The van der Waals surface area contributed by atoms with Gasteiger partial charge in [-0.1, -0.05) is 30.3 Å². The fourth-order valence-electron chi connectivity index (χ4n) is 1.61. The molecule has 0 saturated carbocycles. The number of hydrogen-bond acceptors (Lipinski definition) is 4. The molecule has 0 aliphatic heterocycles. The topological polar surface area (TPSA) is 55.7 Å². The number of nitrogens with zero attached hydrogens (tertiary/aromatic N) is 1. The van der Waals surface area contributed by atoms with E-state index >= 15 is 0 Å². The van der Waals surface area contributed by atoms with Crippen molar-refractivity contribution < 1.29 is 14.3 Å². The number of rotatable bonds is 4. The molecule has 2 rings (SSSR count). The first-order valence-electron chi connectivity index (χ1n) is 5.70. The van der Waals surface area contributed by atoms with E-state index in [1.807, 2.05) is 6.07 Å². The maximum Gasteiger partial charge on any atom is 0.315 e. The third-order valence-electron chi connectivity index (χ3n) is 2.41. The van der Waals surface area contributed by atoms with Crippen molar-refractivity contribution in [3.8, 4) is 5.75 Å². The first-order chi connectivity index (χ1) is 9.28. The van der Waals surface area contributed by atoms with Gasteiger partial charge in [0.2, 0.25) is 6.08 Å². The largest absolute Gasteiger partial charge is 0.426 e. The molecule has 0 amide bonds. The van der Waals surface area contributed by atoms with Crippen LogP contribution in [-0.2, 0) is 16.0 Å². The molecule has 0 unspecified atom stereocenters. The van der Waals surface area contributed by atoms with Crippen molar-refractivity contribution in [2.75, 3.05) is 0 Å². The highest BCUT2D eigenvalue weighted by Crippen LogP contribution is 2.15. The maximum absolute atomic E-state index is 11.7. The highest BCUT2D eigenvalue weighted by Gasteiger charge is 2.06. The third kappa shape index (κ3) is 3.91. The fourth-order valence-corrected chi connectivity index (χ4v) is 1.61. The first-order valence-corrected chi connectivity index (χ1v) is 5.70. The number of aliphatic imine (C=N–C) groups is 1. The summed E-state index contributed by atoms with van der Waals surface area (Å²) in [5.41, 5.74) is 1.21. The molecule has 0 aliphatic carbocycles. The molecule has 4 nitrogen and oxygen atoms in total. The van der Waals surface area contributed by atoms with Crippen LogP contribution in [0.25, 0.3) is 0 Å². The molecule has 4 heteroatoms. The Morgan fingerprint density at radius 1 is 1.11 bits per heavy atom. The Morgan fingerprint density at radius 3 is 2.63 bits per heavy atom. The summed E-state index contributed by atoms with van der Waals surface area (Å²) in [6, 6.07) is 15.7. The Kier molecular flexibility index (Phi) is 4.21. The normalized spacial score (nSPS) is 9.47. The summed E-state index contributed by atoms with van der Waals surface area (Å²) in [7, 11) is 0. The van der Waals surface area contributed by atoms with Crippen LogP contribution in [0.3, 0.4) is 0 Å². The lowest BCUT2D eigenvalue weighted by atomic mass is 10.1. The van der Waals surface area contributed by atoms with Crippen LogP contribution in [0, 0.1) is 0 Å². The molecule has 0 atom stereocenters. The summed E-state index contributed by atoms with van der Waals surface area (Å²) in [6.07, 6.45) is 1.59. The van der Waals surface area contributed by atoms with Crippen molar-refractivity contribution in [2.24, 2.45) is 4.99 Å². The Balaban J connectivity index is 2.03. The fraction of sp³-hybridized carbons (Fsp3) is 0.0667. The van der Waals surface area contributed by atoms with E-state index in [2.05, 4.69) is 4.99 Å². The second-order valence-corrected chi connectivity index (χ2v) is 3.84. The summed E-state index contributed by atoms with van der Waals surface area (Å²) in [5, 5.41) is 0. The average molecular weight is 253 g/mol. The van der Waals surface area contributed by atoms with E-state index < -0.39 is 0 Å². The quantitative estimate of drug-likeness (QED) is 0.364. The number of hydrogen-bond donors (Lipinski definition) is 0. The van der Waals surface area contributed by atoms with Gasteiger partial charge in [-0.3, -0.25) is 4.79 Å². The van der Waals surface area contributed by atoms with Crippen LogP contribution in [0.4, 0.5) is 5.69 Å². The van der Waals surface area contributed by atoms with Gasteiger partial charge >= 0.3 is 5.97 Å². The number of esters is 1. The highest BCUT2D eigenvalue weighted by molar-refractivity contribution is 5.75.